The highest BCUT2D eigenvalue weighted by molar-refractivity contribution is 6.03. The molecule has 1 rings (SSSR count). The molecule has 1 aromatic carbocycles. The predicted octanol–water partition coefficient (Wildman–Crippen LogP) is 5.13. The van der Waals surface area contributed by atoms with Gasteiger partial charge in [-0.2, -0.15) is 0 Å². The molecule has 0 aliphatic carbocycles. The van der Waals surface area contributed by atoms with Gasteiger partial charge in [0.25, 0.3) is 0 Å². The maximum atomic E-state index is 11.9. The Morgan fingerprint density at radius 1 is 0.606 bits per heavy atom. The molecule has 188 valence electrons. The lowest BCUT2D eigenvalue weighted by atomic mass is 10.1. The minimum absolute atomic E-state index is 0.193. The minimum atomic E-state index is -0.471. The summed E-state index contributed by atoms with van der Waals surface area (Å²) in [5.41, 5.74) is 0.537. The van der Waals surface area contributed by atoms with E-state index in [-0.39, 0.29) is 23.1 Å². The number of benzene rings is 1. The Kier molecular flexibility index (Phi) is 21.8. The number of carbonyl (C=O) groups is 4. The molecule has 0 radical (unpaired) electrons. The Hall–Kier alpha value is -2.90. The van der Waals surface area contributed by atoms with Crippen molar-refractivity contribution >= 4 is 23.9 Å². The number of rotatable bonds is 11. The van der Waals surface area contributed by atoms with Gasteiger partial charge in [0.15, 0.2) is 0 Å². The molecule has 0 saturated carbocycles. The first kappa shape index (κ1) is 32.3. The molecule has 0 aliphatic heterocycles. The van der Waals surface area contributed by atoms with Crippen molar-refractivity contribution < 1.29 is 38.1 Å². The van der Waals surface area contributed by atoms with Crippen molar-refractivity contribution in [3.63, 3.8) is 0 Å². The molecule has 1 aromatic rings. The zero-order chi connectivity index (χ0) is 25.5. The van der Waals surface area contributed by atoms with Crippen LogP contribution in [0.15, 0.2) is 24.3 Å². The van der Waals surface area contributed by atoms with Crippen LogP contribution in [0.5, 0.6) is 0 Å². The average Bonchev–Trinajstić information content (AvgIpc) is 2.78. The molecular weight excluding hydrogens is 428 g/mol. The SMILES string of the molecule is CCCCOC(=O)c1ccccc1C(=O)OCCCC.CCCOC(C)=O.CCOC(C)=O. The molecule has 0 unspecified atom stereocenters. The van der Waals surface area contributed by atoms with Gasteiger partial charge in [-0.15, -0.1) is 0 Å². The summed E-state index contributed by atoms with van der Waals surface area (Å²) < 4.78 is 19.2. The fraction of sp³-hybridized carbons (Fsp3) is 0.600. The number of ether oxygens (including phenoxy) is 4. The lowest BCUT2D eigenvalue weighted by Crippen LogP contribution is -2.14. The first-order valence-corrected chi connectivity index (χ1v) is 11.4. The van der Waals surface area contributed by atoms with E-state index in [9.17, 15) is 19.2 Å². The Balaban J connectivity index is 0. The summed E-state index contributed by atoms with van der Waals surface area (Å²) in [5.74, 6) is -1.35. The van der Waals surface area contributed by atoms with Gasteiger partial charge in [0, 0.05) is 13.8 Å². The van der Waals surface area contributed by atoms with Gasteiger partial charge in [0.1, 0.15) is 0 Å². The molecule has 0 N–H and O–H groups in total. The topological polar surface area (TPSA) is 105 Å². The van der Waals surface area contributed by atoms with Gasteiger partial charge in [-0.25, -0.2) is 9.59 Å². The second-order valence-corrected chi connectivity index (χ2v) is 6.79. The zero-order valence-electron chi connectivity index (χ0n) is 20.9. The highest BCUT2D eigenvalue weighted by atomic mass is 16.5. The van der Waals surface area contributed by atoms with E-state index in [0.717, 1.165) is 32.1 Å². The fourth-order valence-corrected chi connectivity index (χ4v) is 2.06. The van der Waals surface area contributed by atoms with Crippen molar-refractivity contribution in [3.05, 3.63) is 35.4 Å². The number of hydrogen-bond acceptors (Lipinski definition) is 8. The Labute approximate surface area is 197 Å². The number of hydrogen-bond donors (Lipinski definition) is 0. The Morgan fingerprint density at radius 2 is 1.03 bits per heavy atom. The van der Waals surface area contributed by atoms with Gasteiger partial charge in [-0.05, 0) is 38.3 Å². The quantitative estimate of drug-likeness (QED) is 0.250. The summed E-state index contributed by atoms with van der Waals surface area (Å²) >= 11 is 0. The molecule has 8 heteroatoms. The van der Waals surface area contributed by atoms with E-state index >= 15 is 0 Å². The second kappa shape index (κ2) is 22.3. The van der Waals surface area contributed by atoms with E-state index in [4.69, 9.17) is 9.47 Å². The maximum Gasteiger partial charge on any atom is 0.339 e. The summed E-state index contributed by atoms with van der Waals surface area (Å²) in [6, 6.07) is 6.59. The van der Waals surface area contributed by atoms with Gasteiger partial charge >= 0.3 is 23.9 Å². The summed E-state index contributed by atoms with van der Waals surface area (Å²) in [7, 11) is 0. The molecular formula is C25H40O8. The summed E-state index contributed by atoms with van der Waals surface area (Å²) in [6.45, 7) is 12.4. The third-order valence-electron chi connectivity index (χ3n) is 3.69. The van der Waals surface area contributed by atoms with Crippen LogP contribution < -0.4 is 0 Å². The van der Waals surface area contributed by atoms with Crippen LogP contribution in [-0.2, 0) is 28.5 Å². The first-order chi connectivity index (χ1) is 15.7. The Bertz CT molecular complexity index is 644. The van der Waals surface area contributed by atoms with Crippen LogP contribution in [0.1, 0.15) is 94.4 Å². The molecule has 0 spiro atoms. The monoisotopic (exact) mass is 468 g/mol. The summed E-state index contributed by atoms with van der Waals surface area (Å²) in [5, 5.41) is 0. The molecule has 0 saturated heterocycles. The largest absolute Gasteiger partial charge is 0.466 e. The van der Waals surface area contributed by atoms with Crippen molar-refractivity contribution in [1.29, 1.82) is 0 Å². The van der Waals surface area contributed by atoms with Crippen molar-refractivity contribution in [3.8, 4) is 0 Å². The molecule has 0 bridgehead atoms. The first-order valence-electron chi connectivity index (χ1n) is 11.4. The zero-order valence-corrected chi connectivity index (χ0v) is 20.9. The highest BCUT2D eigenvalue weighted by Crippen LogP contribution is 2.12. The molecule has 0 aromatic heterocycles. The van der Waals surface area contributed by atoms with Crippen LogP contribution in [0.25, 0.3) is 0 Å². The lowest BCUT2D eigenvalue weighted by Gasteiger charge is -2.09. The standard InChI is InChI=1S/C16H22O4.C5H10O2.C4H8O2/c1-3-5-11-19-15(17)13-9-7-8-10-14(13)16(18)20-12-6-4-2;1-3-4-7-5(2)6;1-3-6-4(2)5/h7-10H,3-6,11-12H2,1-2H3;3-4H2,1-2H3;3H2,1-2H3. The number of unbranched alkanes of at least 4 members (excludes halogenated alkanes) is 2. The van der Waals surface area contributed by atoms with Gasteiger partial charge < -0.3 is 18.9 Å². The maximum absolute atomic E-state index is 11.9. The van der Waals surface area contributed by atoms with E-state index < -0.39 is 11.9 Å². The third-order valence-corrected chi connectivity index (χ3v) is 3.69. The molecule has 0 heterocycles. The second-order valence-electron chi connectivity index (χ2n) is 6.79. The van der Waals surface area contributed by atoms with Gasteiger partial charge in [-0.1, -0.05) is 45.7 Å². The van der Waals surface area contributed by atoms with Crippen molar-refractivity contribution in [2.45, 2.75) is 73.6 Å². The van der Waals surface area contributed by atoms with Gasteiger partial charge in [0.05, 0.1) is 37.6 Å². The van der Waals surface area contributed by atoms with Crippen LogP contribution in [0.3, 0.4) is 0 Å². The van der Waals surface area contributed by atoms with E-state index in [1.54, 1.807) is 31.2 Å². The van der Waals surface area contributed by atoms with Crippen molar-refractivity contribution in [2.24, 2.45) is 0 Å². The van der Waals surface area contributed by atoms with Crippen LogP contribution in [-0.4, -0.2) is 50.3 Å². The molecule has 33 heavy (non-hydrogen) atoms. The molecule has 0 fully saturated rings. The van der Waals surface area contributed by atoms with Crippen molar-refractivity contribution in [1.82, 2.24) is 0 Å². The predicted molar refractivity (Wildman–Crippen MR) is 126 cm³/mol. The molecule has 0 amide bonds. The van der Waals surface area contributed by atoms with Crippen LogP contribution in [0, 0.1) is 0 Å². The lowest BCUT2D eigenvalue weighted by molar-refractivity contribution is -0.141. The molecule has 0 aliphatic rings. The molecule has 0 atom stereocenters. The van der Waals surface area contributed by atoms with Crippen molar-refractivity contribution in [2.75, 3.05) is 26.4 Å². The summed E-state index contributed by atoms with van der Waals surface area (Å²) in [4.78, 5) is 43.7. The number of esters is 4. The van der Waals surface area contributed by atoms with E-state index in [0.29, 0.717) is 26.4 Å². The third kappa shape index (κ3) is 19.5. The smallest absolute Gasteiger partial charge is 0.339 e. The Morgan fingerprint density at radius 3 is 1.27 bits per heavy atom. The van der Waals surface area contributed by atoms with Gasteiger partial charge in [0.2, 0.25) is 0 Å². The van der Waals surface area contributed by atoms with E-state index in [1.807, 2.05) is 20.8 Å². The van der Waals surface area contributed by atoms with Crippen LogP contribution >= 0.6 is 0 Å². The summed E-state index contributed by atoms with van der Waals surface area (Å²) in [6.07, 6.45) is 4.44. The van der Waals surface area contributed by atoms with Gasteiger partial charge in [-0.3, -0.25) is 9.59 Å². The number of carbonyl (C=O) groups excluding carboxylic acids is 4. The highest BCUT2D eigenvalue weighted by Gasteiger charge is 2.18. The fourth-order valence-electron chi connectivity index (χ4n) is 2.06. The normalized spacial score (nSPS) is 9.27. The van der Waals surface area contributed by atoms with Crippen LogP contribution in [0.4, 0.5) is 0 Å². The molecule has 8 nitrogen and oxygen atoms in total. The minimum Gasteiger partial charge on any atom is -0.466 e. The van der Waals surface area contributed by atoms with E-state index in [2.05, 4.69) is 9.47 Å². The average molecular weight is 469 g/mol. The van der Waals surface area contributed by atoms with Crippen LogP contribution in [0.2, 0.25) is 0 Å². The van der Waals surface area contributed by atoms with E-state index in [1.165, 1.54) is 13.8 Å².